The first-order valence-corrected chi connectivity index (χ1v) is 5.48. The van der Waals surface area contributed by atoms with E-state index in [1.165, 1.54) is 5.82 Å². The molecule has 0 amide bonds. The zero-order chi connectivity index (χ0) is 10.4. The zero-order valence-electron chi connectivity index (χ0n) is 9.45. The Bertz CT molecular complexity index is 255. The van der Waals surface area contributed by atoms with Crippen molar-refractivity contribution in [3.63, 3.8) is 0 Å². The third kappa shape index (κ3) is 3.14. The smallest absolute Gasteiger partial charge is 0.108 e. The highest BCUT2D eigenvalue weighted by Crippen LogP contribution is 2.04. The second-order valence-corrected chi connectivity index (χ2v) is 3.76. The second-order valence-electron chi connectivity index (χ2n) is 3.76. The molecule has 1 rings (SSSR count). The van der Waals surface area contributed by atoms with Gasteiger partial charge >= 0.3 is 0 Å². The highest BCUT2D eigenvalue weighted by molar-refractivity contribution is 4.91. The van der Waals surface area contributed by atoms with Crippen molar-refractivity contribution in [2.45, 2.75) is 33.7 Å². The number of hydrogen-bond donors (Lipinski definition) is 1. The fourth-order valence-corrected chi connectivity index (χ4v) is 1.61. The molecule has 0 aliphatic carbocycles. The van der Waals surface area contributed by atoms with Crippen molar-refractivity contribution >= 4 is 0 Å². The summed E-state index contributed by atoms with van der Waals surface area (Å²) in [5.41, 5.74) is 0. The highest BCUT2D eigenvalue weighted by atomic mass is 15.1. The molecule has 3 heteroatoms. The van der Waals surface area contributed by atoms with Crippen LogP contribution in [-0.4, -0.2) is 22.6 Å². The fourth-order valence-electron chi connectivity index (χ4n) is 1.61. The van der Waals surface area contributed by atoms with Gasteiger partial charge in [-0.25, -0.2) is 4.98 Å². The van der Waals surface area contributed by atoms with E-state index in [1.54, 1.807) is 0 Å². The van der Waals surface area contributed by atoms with E-state index < -0.39 is 0 Å². The SMILES string of the molecule is CCNCC(C)Cn1ccnc1CC. The molecule has 0 aliphatic rings. The average molecular weight is 195 g/mol. The molecule has 0 saturated heterocycles. The molecule has 1 aromatic heterocycles. The Labute approximate surface area is 86.5 Å². The first-order valence-electron chi connectivity index (χ1n) is 5.48. The van der Waals surface area contributed by atoms with Gasteiger partial charge in [0.15, 0.2) is 0 Å². The van der Waals surface area contributed by atoms with Crippen LogP contribution in [0.2, 0.25) is 0 Å². The lowest BCUT2D eigenvalue weighted by Gasteiger charge is -2.14. The molecule has 0 aromatic carbocycles. The van der Waals surface area contributed by atoms with Crippen molar-refractivity contribution in [1.82, 2.24) is 14.9 Å². The minimum atomic E-state index is 0.662. The summed E-state index contributed by atoms with van der Waals surface area (Å²) in [6, 6.07) is 0. The third-order valence-corrected chi connectivity index (χ3v) is 2.37. The van der Waals surface area contributed by atoms with Gasteiger partial charge in [0.25, 0.3) is 0 Å². The number of aromatic nitrogens is 2. The summed E-state index contributed by atoms with van der Waals surface area (Å²) in [5, 5.41) is 3.36. The van der Waals surface area contributed by atoms with Crippen LogP contribution in [0.4, 0.5) is 0 Å². The Morgan fingerprint density at radius 2 is 2.29 bits per heavy atom. The fraction of sp³-hybridized carbons (Fsp3) is 0.727. The molecule has 0 bridgehead atoms. The molecular formula is C11H21N3. The van der Waals surface area contributed by atoms with Gasteiger partial charge in [-0.3, -0.25) is 0 Å². The summed E-state index contributed by atoms with van der Waals surface area (Å²) >= 11 is 0. The summed E-state index contributed by atoms with van der Waals surface area (Å²) in [5.74, 6) is 1.85. The van der Waals surface area contributed by atoms with Crippen molar-refractivity contribution in [2.75, 3.05) is 13.1 Å². The van der Waals surface area contributed by atoms with Gasteiger partial charge in [0.05, 0.1) is 0 Å². The number of aryl methyl sites for hydroxylation is 1. The van der Waals surface area contributed by atoms with Crippen LogP contribution in [0.15, 0.2) is 12.4 Å². The number of imidazole rings is 1. The van der Waals surface area contributed by atoms with Crippen molar-refractivity contribution in [3.05, 3.63) is 18.2 Å². The summed E-state index contributed by atoms with van der Waals surface area (Å²) in [4.78, 5) is 4.31. The van der Waals surface area contributed by atoms with Crippen molar-refractivity contribution in [3.8, 4) is 0 Å². The maximum absolute atomic E-state index is 4.31. The summed E-state index contributed by atoms with van der Waals surface area (Å²) in [6.45, 7) is 9.75. The van der Waals surface area contributed by atoms with E-state index >= 15 is 0 Å². The van der Waals surface area contributed by atoms with Crippen molar-refractivity contribution in [1.29, 1.82) is 0 Å². The van der Waals surface area contributed by atoms with Gasteiger partial charge in [0, 0.05) is 25.4 Å². The van der Waals surface area contributed by atoms with Crippen LogP contribution in [0.3, 0.4) is 0 Å². The second kappa shape index (κ2) is 5.81. The molecule has 14 heavy (non-hydrogen) atoms. The van der Waals surface area contributed by atoms with Gasteiger partial charge in [0.2, 0.25) is 0 Å². The van der Waals surface area contributed by atoms with Crippen LogP contribution in [-0.2, 0) is 13.0 Å². The van der Waals surface area contributed by atoms with E-state index in [1.807, 2.05) is 6.20 Å². The Kier molecular flexibility index (Phi) is 4.66. The van der Waals surface area contributed by atoms with E-state index in [9.17, 15) is 0 Å². The monoisotopic (exact) mass is 195 g/mol. The Morgan fingerprint density at radius 1 is 1.50 bits per heavy atom. The predicted octanol–water partition coefficient (Wildman–Crippen LogP) is 1.69. The molecule has 1 N–H and O–H groups in total. The zero-order valence-corrected chi connectivity index (χ0v) is 9.45. The summed E-state index contributed by atoms with van der Waals surface area (Å²) in [6.07, 6.45) is 4.97. The van der Waals surface area contributed by atoms with E-state index in [4.69, 9.17) is 0 Å². The van der Waals surface area contributed by atoms with Crippen molar-refractivity contribution in [2.24, 2.45) is 5.92 Å². The van der Waals surface area contributed by atoms with Crippen molar-refractivity contribution < 1.29 is 0 Å². The highest BCUT2D eigenvalue weighted by Gasteiger charge is 2.05. The molecule has 80 valence electrons. The van der Waals surface area contributed by atoms with E-state index in [0.29, 0.717) is 5.92 Å². The largest absolute Gasteiger partial charge is 0.335 e. The van der Waals surface area contributed by atoms with Gasteiger partial charge in [-0.05, 0) is 19.0 Å². The maximum Gasteiger partial charge on any atom is 0.108 e. The van der Waals surface area contributed by atoms with Gasteiger partial charge in [0.1, 0.15) is 5.82 Å². The van der Waals surface area contributed by atoms with Gasteiger partial charge in [-0.15, -0.1) is 0 Å². The first kappa shape index (κ1) is 11.2. The molecule has 1 atom stereocenters. The minimum absolute atomic E-state index is 0.662. The predicted molar refractivity (Wildman–Crippen MR) is 59.3 cm³/mol. The van der Waals surface area contributed by atoms with E-state index in [-0.39, 0.29) is 0 Å². The summed E-state index contributed by atoms with van der Waals surface area (Å²) in [7, 11) is 0. The first-order chi connectivity index (χ1) is 6.77. The molecule has 1 aromatic rings. The van der Waals surface area contributed by atoms with Gasteiger partial charge in [-0.1, -0.05) is 20.8 Å². The van der Waals surface area contributed by atoms with Crippen LogP contribution in [0, 0.1) is 5.92 Å². The molecule has 1 unspecified atom stereocenters. The number of nitrogens with zero attached hydrogens (tertiary/aromatic N) is 2. The van der Waals surface area contributed by atoms with E-state index in [0.717, 1.165) is 26.1 Å². The lowest BCUT2D eigenvalue weighted by Crippen LogP contribution is -2.24. The topological polar surface area (TPSA) is 29.9 Å². The molecule has 1 heterocycles. The normalized spacial score (nSPS) is 13.1. The van der Waals surface area contributed by atoms with Crippen LogP contribution in [0.5, 0.6) is 0 Å². The molecule has 0 spiro atoms. The third-order valence-electron chi connectivity index (χ3n) is 2.37. The van der Waals surface area contributed by atoms with Crippen LogP contribution < -0.4 is 5.32 Å². The molecule has 0 fully saturated rings. The lowest BCUT2D eigenvalue weighted by atomic mass is 10.2. The molecule has 0 aliphatic heterocycles. The molecule has 0 saturated carbocycles. The standard InChI is InChI=1S/C11H21N3/c1-4-11-13-6-7-14(11)9-10(3)8-12-5-2/h6-7,10,12H,4-5,8-9H2,1-3H3. The van der Waals surface area contributed by atoms with Crippen LogP contribution in [0.1, 0.15) is 26.6 Å². The van der Waals surface area contributed by atoms with Crippen LogP contribution >= 0.6 is 0 Å². The quantitative estimate of drug-likeness (QED) is 0.748. The average Bonchev–Trinajstić information content (AvgIpc) is 2.62. The van der Waals surface area contributed by atoms with Crippen LogP contribution in [0.25, 0.3) is 0 Å². The maximum atomic E-state index is 4.31. The minimum Gasteiger partial charge on any atom is -0.335 e. The van der Waals surface area contributed by atoms with Gasteiger partial charge < -0.3 is 9.88 Å². The van der Waals surface area contributed by atoms with E-state index in [2.05, 4.69) is 41.8 Å². The Hall–Kier alpha value is -0.830. The number of rotatable bonds is 6. The summed E-state index contributed by atoms with van der Waals surface area (Å²) < 4.78 is 2.25. The molecule has 0 radical (unpaired) electrons. The molecule has 3 nitrogen and oxygen atoms in total. The van der Waals surface area contributed by atoms with Gasteiger partial charge in [-0.2, -0.15) is 0 Å². The molecular weight excluding hydrogens is 174 g/mol. The Balaban J connectivity index is 2.42. The lowest BCUT2D eigenvalue weighted by molar-refractivity contribution is 0.443. The number of nitrogens with one attached hydrogen (secondary N) is 1. The Morgan fingerprint density at radius 3 is 2.93 bits per heavy atom. The number of hydrogen-bond acceptors (Lipinski definition) is 2.